The minimum absolute atomic E-state index is 0.108. The predicted octanol–water partition coefficient (Wildman–Crippen LogP) is -1.11. The fourth-order valence-corrected chi connectivity index (χ4v) is 2.88. The Morgan fingerprint density at radius 3 is 2.29 bits per heavy atom. The van der Waals surface area contributed by atoms with Gasteiger partial charge in [0.05, 0.1) is 7.05 Å². The highest BCUT2D eigenvalue weighted by Gasteiger charge is 2.30. The number of amides is 1. The molecule has 2 heterocycles. The Morgan fingerprint density at radius 1 is 1.29 bits per heavy atom. The number of aromatic nitrogens is 1. The number of carbonyl (C=O) groups is 1. The van der Waals surface area contributed by atoms with Crippen molar-refractivity contribution in [2.75, 3.05) is 26.2 Å². The normalized spacial score (nSPS) is 17.0. The van der Waals surface area contributed by atoms with Crippen LogP contribution < -0.4 is 5.14 Å². The van der Waals surface area contributed by atoms with E-state index in [1.165, 1.54) is 28.6 Å². The van der Waals surface area contributed by atoms with E-state index in [-0.39, 0.29) is 43.6 Å². The quantitative estimate of drug-likeness (QED) is 0.558. The maximum absolute atomic E-state index is 12.3. The second kappa shape index (κ2) is 5.42. The summed E-state index contributed by atoms with van der Waals surface area (Å²) in [6.45, 7) is 0.594. The van der Waals surface area contributed by atoms with Crippen molar-refractivity contribution in [3.8, 4) is 0 Å². The van der Waals surface area contributed by atoms with E-state index >= 15 is 0 Å². The number of rotatable bonds is 3. The van der Waals surface area contributed by atoms with Crippen molar-refractivity contribution >= 4 is 21.9 Å². The van der Waals surface area contributed by atoms with Crippen molar-refractivity contribution < 1.29 is 18.1 Å². The van der Waals surface area contributed by atoms with Gasteiger partial charge >= 0.3 is 5.82 Å². The molecule has 1 aromatic heterocycles. The minimum Gasteiger partial charge on any atom is -0.358 e. The summed E-state index contributed by atoms with van der Waals surface area (Å²) in [7, 11) is -2.32. The van der Waals surface area contributed by atoms with Crippen LogP contribution in [0.15, 0.2) is 12.1 Å². The molecule has 1 amide bonds. The molecule has 0 spiro atoms. The molecule has 1 aliphatic heterocycles. The van der Waals surface area contributed by atoms with E-state index in [1.54, 1.807) is 0 Å². The van der Waals surface area contributed by atoms with E-state index in [9.17, 15) is 23.3 Å². The summed E-state index contributed by atoms with van der Waals surface area (Å²) in [4.78, 5) is 23.9. The number of hydrogen-bond donors (Lipinski definition) is 1. The summed E-state index contributed by atoms with van der Waals surface area (Å²) in [5.74, 6) is -0.554. The predicted molar refractivity (Wildman–Crippen MR) is 72.7 cm³/mol. The smallest absolute Gasteiger partial charge is 0.323 e. The first-order valence-electron chi connectivity index (χ1n) is 6.09. The number of hydrogen-bond acceptors (Lipinski definition) is 5. The zero-order valence-electron chi connectivity index (χ0n) is 11.3. The van der Waals surface area contributed by atoms with Crippen LogP contribution in [0.25, 0.3) is 0 Å². The van der Waals surface area contributed by atoms with Crippen LogP contribution in [0.5, 0.6) is 0 Å². The molecule has 1 saturated heterocycles. The second-order valence-electron chi connectivity index (χ2n) is 4.63. The molecule has 11 heteroatoms. The van der Waals surface area contributed by atoms with Gasteiger partial charge in [0, 0.05) is 32.2 Å². The van der Waals surface area contributed by atoms with Crippen LogP contribution in [0.3, 0.4) is 0 Å². The first-order valence-corrected chi connectivity index (χ1v) is 7.59. The summed E-state index contributed by atoms with van der Waals surface area (Å²) in [6, 6.07) is 2.64. The van der Waals surface area contributed by atoms with Gasteiger partial charge in [-0.3, -0.25) is 4.79 Å². The zero-order valence-corrected chi connectivity index (χ0v) is 12.1. The van der Waals surface area contributed by atoms with Gasteiger partial charge in [0.25, 0.3) is 16.1 Å². The van der Waals surface area contributed by atoms with Crippen molar-refractivity contribution in [1.82, 2.24) is 13.8 Å². The Balaban J connectivity index is 2.11. The molecule has 0 saturated carbocycles. The number of nitro groups is 1. The Kier molecular flexibility index (Phi) is 3.98. The number of nitrogens with zero attached hydrogens (tertiary/aromatic N) is 4. The van der Waals surface area contributed by atoms with Crippen LogP contribution >= 0.6 is 0 Å². The molecule has 0 bridgehead atoms. The third-order valence-corrected chi connectivity index (χ3v) is 4.47. The van der Waals surface area contributed by atoms with Gasteiger partial charge in [-0.2, -0.15) is 12.7 Å². The second-order valence-corrected chi connectivity index (χ2v) is 6.18. The molecule has 116 valence electrons. The first kappa shape index (κ1) is 15.4. The van der Waals surface area contributed by atoms with E-state index in [2.05, 4.69) is 0 Å². The van der Waals surface area contributed by atoms with Crippen molar-refractivity contribution in [3.63, 3.8) is 0 Å². The molecule has 1 fully saturated rings. The number of nitrogens with two attached hydrogens (primary N) is 1. The van der Waals surface area contributed by atoms with Crippen molar-refractivity contribution in [1.29, 1.82) is 0 Å². The third-order valence-electron chi connectivity index (χ3n) is 3.39. The summed E-state index contributed by atoms with van der Waals surface area (Å²) < 4.78 is 24.7. The SMILES string of the molecule is Cn1c(C(=O)N2CCN(S(N)(=O)=O)CC2)ccc1[N+](=O)[O-]. The van der Waals surface area contributed by atoms with Crippen LogP contribution in [0, 0.1) is 10.1 Å². The highest BCUT2D eigenvalue weighted by molar-refractivity contribution is 7.86. The molecule has 0 aliphatic carbocycles. The standard InChI is InChI=1S/C10H15N5O5S/c1-12-8(2-3-9(12)15(17)18)10(16)13-4-6-14(7-5-13)21(11,19)20/h2-3H,4-7H2,1H3,(H2,11,19,20). The summed E-state index contributed by atoms with van der Waals surface area (Å²) >= 11 is 0. The van der Waals surface area contributed by atoms with E-state index in [1.807, 2.05) is 0 Å². The van der Waals surface area contributed by atoms with Gasteiger partial charge in [0.15, 0.2) is 5.69 Å². The van der Waals surface area contributed by atoms with Gasteiger partial charge < -0.3 is 15.0 Å². The average Bonchev–Trinajstić information content (AvgIpc) is 2.79. The van der Waals surface area contributed by atoms with Gasteiger partial charge in [-0.25, -0.2) is 9.71 Å². The monoisotopic (exact) mass is 317 g/mol. The van der Waals surface area contributed by atoms with Gasteiger partial charge in [0.2, 0.25) is 0 Å². The van der Waals surface area contributed by atoms with Crippen LogP contribution in [-0.2, 0) is 17.3 Å². The molecule has 0 radical (unpaired) electrons. The molecule has 1 aromatic rings. The molecule has 2 N–H and O–H groups in total. The first-order chi connectivity index (χ1) is 9.71. The molecule has 2 rings (SSSR count). The molecule has 21 heavy (non-hydrogen) atoms. The van der Waals surface area contributed by atoms with E-state index < -0.39 is 15.1 Å². The molecule has 0 aromatic carbocycles. The molecule has 1 aliphatic rings. The molecule has 10 nitrogen and oxygen atoms in total. The molecular formula is C10H15N5O5S. The fraction of sp³-hybridized carbons (Fsp3) is 0.500. The lowest BCUT2D eigenvalue weighted by Crippen LogP contribution is -2.52. The van der Waals surface area contributed by atoms with Crippen LogP contribution in [-0.4, -0.2) is 59.2 Å². The van der Waals surface area contributed by atoms with Crippen LogP contribution in [0.1, 0.15) is 10.5 Å². The van der Waals surface area contributed by atoms with Crippen molar-refractivity contribution in [3.05, 3.63) is 27.9 Å². The largest absolute Gasteiger partial charge is 0.358 e. The van der Waals surface area contributed by atoms with Gasteiger partial charge in [-0.15, -0.1) is 0 Å². The number of carbonyl (C=O) groups excluding carboxylic acids is 1. The molecule has 0 unspecified atom stereocenters. The summed E-state index contributed by atoms with van der Waals surface area (Å²) in [5.41, 5.74) is 0.186. The zero-order chi connectivity index (χ0) is 15.8. The number of piperazine rings is 1. The van der Waals surface area contributed by atoms with E-state index in [0.29, 0.717) is 0 Å². The Hall–Kier alpha value is -1.98. The molecular weight excluding hydrogens is 302 g/mol. The Bertz CT molecular complexity index is 674. The van der Waals surface area contributed by atoms with Crippen LogP contribution in [0.2, 0.25) is 0 Å². The van der Waals surface area contributed by atoms with E-state index in [4.69, 9.17) is 5.14 Å². The summed E-state index contributed by atoms with van der Waals surface area (Å²) in [5, 5.41) is 15.8. The minimum atomic E-state index is -3.75. The Morgan fingerprint density at radius 2 is 1.86 bits per heavy atom. The van der Waals surface area contributed by atoms with E-state index in [0.717, 1.165) is 4.31 Å². The lowest BCUT2D eigenvalue weighted by Gasteiger charge is -2.32. The fourth-order valence-electron chi connectivity index (χ4n) is 2.21. The lowest BCUT2D eigenvalue weighted by molar-refractivity contribution is -0.391. The maximum Gasteiger partial charge on any atom is 0.323 e. The third kappa shape index (κ3) is 3.04. The van der Waals surface area contributed by atoms with Gasteiger partial charge in [-0.05, 0) is 11.0 Å². The van der Waals surface area contributed by atoms with Gasteiger partial charge in [0.1, 0.15) is 0 Å². The average molecular weight is 317 g/mol. The Labute approximate surface area is 121 Å². The summed E-state index contributed by atoms with van der Waals surface area (Å²) in [6.07, 6.45) is 0. The van der Waals surface area contributed by atoms with Gasteiger partial charge in [-0.1, -0.05) is 0 Å². The highest BCUT2D eigenvalue weighted by Crippen LogP contribution is 2.17. The lowest BCUT2D eigenvalue weighted by atomic mass is 10.3. The van der Waals surface area contributed by atoms with Crippen LogP contribution in [0.4, 0.5) is 5.82 Å². The van der Waals surface area contributed by atoms with Crippen molar-refractivity contribution in [2.24, 2.45) is 12.2 Å². The highest BCUT2D eigenvalue weighted by atomic mass is 32.2. The van der Waals surface area contributed by atoms with Crippen molar-refractivity contribution in [2.45, 2.75) is 0 Å². The topological polar surface area (TPSA) is 132 Å². The molecule has 0 atom stereocenters. The maximum atomic E-state index is 12.3.